The Bertz CT molecular complexity index is 596. The molecule has 0 heterocycles. The number of nitrogen functional groups attached to an aromatic ring is 1. The second kappa shape index (κ2) is 6.52. The number of rotatable bonds is 6. The first-order chi connectivity index (χ1) is 9.70. The van der Waals surface area contributed by atoms with Gasteiger partial charge >= 0.3 is 0 Å². The summed E-state index contributed by atoms with van der Waals surface area (Å²) in [6, 6.07) is 17.0. The van der Waals surface area contributed by atoms with Crippen molar-refractivity contribution in [2.24, 2.45) is 5.73 Å². The fourth-order valence-electron chi connectivity index (χ4n) is 2.06. The number of benzene rings is 2. The Labute approximate surface area is 117 Å². The van der Waals surface area contributed by atoms with E-state index in [4.69, 9.17) is 15.9 Å². The summed E-state index contributed by atoms with van der Waals surface area (Å²) in [6.07, 6.45) is 0.208. The summed E-state index contributed by atoms with van der Waals surface area (Å²) in [5, 5.41) is 7.45. The fraction of sp³-hybridized carbons (Fsp3) is 0.125. The third kappa shape index (κ3) is 3.45. The third-order valence-corrected chi connectivity index (χ3v) is 3.05. The summed E-state index contributed by atoms with van der Waals surface area (Å²) in [4.78, 5) is 10.7. The van der Waals surface area contributed by atoms with Gasteiger partial charge in [-0.3, -0.25) is 10.2 Å². The topological polar surface area (TPSA) is 76.2 Å². The average molecular weight is 268 g/mol. The molecule has 0 saturated heterocycles. The van der Waals surface area contributed by atoms with E-state index >= 15 is 0 Å². The summed E-state index contributed by atoms with van der Waals surface area (Å²) in [6.45, 7) is 0.465. The van der Waals surface area contributed by atoms with Crippen molar-refractivity contribution in [3.8, 4) is 0 Å². The summed E-state index contributed by atoms with van der Waals surface area (Å²) in [7, 11) is 0. The summed E-state index contributed by atoms with van der Waals surface area (Å²) in [5.41, 5.74) is 8.05. The second-order valence-corrected chi connectivity index (χ2v) is 4.45. The molecule has 0 amide bonds. The van der Waals surface area contributed by atoms with Gasteiger partial charge in [0, 0.05) is 12.0 Å². The lowest BCUT2D eigenvalue weighted by Gasteiger charge is -2.16. The van der Waals surface area contributed by atoms with E-state index in [2.05, 4.69) is 0 Å². The van der Waals surface area contributed by atoms with Crippen molar-refractivity contribution in [1.82, 2.24) is 0 Å². The quantitative estimate of drug-likeness (QED) is 0.480. The zero-order valence-electron chi connectivity index (χ0n) is 11.0. The van der Waals surface area contributed by atoms with Gasteiger partial charge in [-0.15, -0.1) is 0 Å². The molecule has 0 aliphatic rings. The molecule has 4 heteroatoms. The van der Waals surface area contributed by atoms with E-state index in [1.54, 1.807) is 6.07 Å². The monoisotopic (exact) mass is 268 g/mol. The number of hydrogen-bond donors (Lipinski definition) is 2. The molecular formula is C16H16N2O2. The van der Waals surface area contributed by atoms with Crippen molar-refractivity contribution in [3.05, 3.63) is 71.3 Å². The van der Waals surface area contributed by atoms with Crippen LogP contribution in [-0.2, 0) is 16.0 Å². The van der Waals surface area contributed by atoms with Gasteiger partial charge in [0.05, 0.1) is 0 Å². The maximum absolute atomic E-state index is 10.7. The zero-order chi connectivity index (χ0) is 14.4. The van der Waals surface area contributed by atoms with Crippen molar-refractivity contribution in [2.75, 3.05) is 0 Å². The molecule has 102 valence electrons. The highest BCUT2D eigenvalue weighted by molar-refractivity contribution is 5.95. The lowest BCUT2D eigenvalue weighted by Crippen LogP contribution is -2.12. The van der Waals surface area contributed by atoms with E-state index in [9.17, 15) is 4.79 Å². The molecule has 0 bridgehead atoms. The van der Waals surface area contributed by atoms with Crippen molar-refractivity contribution in [2.45, 2.75) is 12.5 Å². The van der Waals surface area contributed by atoms with Gasteiger partial charge in [-0.1, -0.05) is 48.5 Å². The maximum atomic E-state index is 10.7. The summed E-state index contributed by atoms with van der Waals surface area (Å²) >= 11 is 0. The molecule has 0 radical (unpaired) electrons. The molecule has 0 saturated carbocycles. The SMILES string of the molecule is N=C(N)c1cccc(CC(OC=O)c2ccccc2)c1. The van der Waals surface area contributed by atoms with Crippen LogP contribution in [0.5, 0.6) is 0 Å². The predicted molar refractivity (Wildman–Crippen MR) is 77.5 cm³/mol. The Hall–Kier alpha value is -2.62. The highest BCUT2D eigenvalue weighted by Gasteiger charge is 2.13. The van der Waals surface area contributed by atoms with Crippen LogP contribution in [-0.4, -0.2) is 12.3 Å². The standard InChI is InChI=1S/C16H16N2O2/c17-16(18)14-8-4-5-12(9-14)10-15(20-11-19)13-6-2-1-3-7-13/h1-9,11,15H,10H2,(H3,17,18). The lowest BCUT2D eigenvalue weighted by molar-refractivity contribution is -0.133. The lowest BCUT2D eigenvalue weighted by atomic mass is 9.99. The average Bonchev–Trinajstić information content (AvgIpc) is 2.48. The van der Waals surface area contributed by atoms with Gasteiger partial charge in [-0.05, 0) is 17.2 Å². The molecule has 2 aromatic carbocycles. The van der Waals surface area contributed by atoms with Crippen molar-refractivity contribution >= 4 is 12.3 Å². The molecule has 0 fully saturated rings. The Morgan fingerprint density at radius 3 is 2.60 bits per heavy atom. The normalized spacial score (nSPS) is 11.6. The number of carbonyl (C=O) groups excluding carboxylic acids is 1. The molecule has 1 atom stereocenters. The van der Waals surface area contributed by atoms with Crippen LogP contribution in [0, 0.1) is 5.41 Å². The van der Waals surface area contributed by atoms with Crippen LogP contribution in [0.25, 0.3) is 0 Å². The van der Waals surface area contributed by atoms with Gasteiger partial charge in [0.2, 0.25) is 0 Å². The van der Waals surface area contributed by atoms with Crippen molar-refractivity contribution in [3.63, 3.8) is 0 Å². The van der Waals surface area contributed by atoms with Crippen LogP contribution in [0.2, 0.25) is 0 Å². The molecular weight excluding hydrogens is 252 g/mol. The minimum atomic E-state index is -0.337. The highest BCUT2D eigenvalue weighted by Crippen LogP contribution is 2.22. The highest BCUT2D eigenvalue weighted by atomic mass is 16.5. The Morgan fingerprint density at radius 2 is 1.95 bits per heavy atom. The van der Waals surface area contributed by atoms with E-state index in [0.717, 1.165) is 11.1 Å². The smallest absolute Gasteiger partial charge is 0.293 e. The van der Waals surface area contributed by atoms with Gasteiger partial charge < -0.3 is 10.5 Å². The minimum Gasteiger partial charge on any atom is -0.459 e. The van der Waals surface area contributed by atoms with Crippen LogP contribution in [0.4, 0.5) is 0 Å². The zero-order valence-corrected chi connectivity index (χ0v) is 11.0. The molecule has 0 aromatic heterocycles. The predicted octanol–water partition coefficient (Wildman–Crippen LogP) is 2.43. The molecule has 0 spiro atoms. The van der Waals surface area contributed by atoms with Gasteiger partial charge in [0.25, 0.3) is 6.47 Å². The Kier molecular flexibility index (Phi) is 4.50. The minimum absolute atomic E-state index is 0.0272. The Morgan fingerprint density at radius 1 is 1.20 bits per heavy atom. The van der Waals surface area contributed by atoms with Gasteiger partial charge in [0.15, 0.2) is 0 Å². The molecule has 4 nitrogen and oxygen atoms in total. The van der Waals surface area contributed by atoms with Gasteiger partial charge in [-0.25, -0.2) is 0 Å². The largest absolute Gasteiger partial charge is 0.459 e. The number of amidine groups is 1. The molecule has 0 aliphatic carbocycles. The van der Waals surface area contributed by atoms with Crippen LogP contribution in [0.15, 0.2) is 54.6 Å². The van der Waals surface area contributed by atoms with E-state index < -0.39 is 0 Å². The molecule has 1 unspecified atom stereocenters. The number of ether oxygens (including phenoxy) is 1. The molecule has 3 N–H and O–H groups in total. The van der Waals surface area contributed by atoms with Crippen LogP contribution in [0.1, 0.15) is 22.8 Å². The molecule has 20 heavy (non-hydrogen) atoms. The van der Waals surface area contributed by atoms with Crippen LogP contribution >= 0.6 is 0 Å². The van der Waals surface area contributed by atoms with E-state index in [0.29, 0.717) is 18.5 Å². The van der Waals surface area contributed by atoms with E-state index in [1.165, 1.54) is 0 Å². The van der Waals surface area contributed by atoms with Gasteiger partial charge in [-0.2, -0.15) is 0 Å². The first-order valence-corrected chi connectivity index (χ1v) is 6.28. The molecule has 0 aliphatic heterocycles. The molecule has 2 aromatic rings. The summed E-state index contributed by atoms with van der Waals surface area (Å²) < 4.78 is 5.17. The third-order valence-electron chi connectivity index (χ3n) is 3.05. The molecule has 2 rings (SSSR count). The first kappa shape index (κ1) is 13.8. The Balaban J connectivity index is 2.22. The van der Waals surface area contributed by atoms with Gasteiger partial charge in [0.1, 0.15) is 11.9 Å². The number of nitrogens with one attached hydrogen (secondary N) is 1. The first-order valence-electron chi connectivity index (χ1n) is 6.28. The number of carbonyl (C=O) groups is 1. The number of hydrogen-bond acceptors (Lipinski definition) is 3. The van der Waals surface area contributed by atoms with E-state index in [-0.39, 0.29) is 11.9 Å². The van der Waals surface area contributed by atoms with Crippen molar-refractivity contribution in [1.29, 1.82) is 5.41 Å². The van der Waals surface area contributed by atoms with Crippen LogP contribution < -0.4 is 5.73 Å². The maximum Gasteiger partial charge on any atom is 0.293 e. The number of nitrogens with two attached hydrogens (primary N) is 1. The van der Waals surface area contributed by atoms with Crippen LogP contribution in [0.3, 0.4) is 0 Å². The van der Waals surface area contributed by atoms with E-state index in [1.807, 2.05) is 48.5 Å². The van der Waals surface area contributed by atoms with Crippen molar-refractivity contribution < 1.29 is 9.53 Å². The fourth-order valence-corrected chi connectivity index (χ4v) is 2.06. The second-order valence-electron chi connectivity index (χ2n) is 4.45. The summed E-state index contributed by atoms with van der Waals surface area (Å²) in [5.74, 6) is 0.0272.